The lowest BCUT2D eigenvalue weighted by molar-refractivity contribution is -0.134. The molecule has 0 spiro atoms. The molecule has 0 unspecified atom stereocenters. The molecule has 1 aromatic rings. The molecule has 1 aliphatic heterocycles. The lowest BCUT2D eigenvalue weighted by Gasteiger charge is -2.32. The van der Waals surface area contributed by atoms with Crippen LogP contribution in [0.5, 0.6) is 5.75 Å². The quantitative estimate of drug-likeness (QED) is 0.895. The molecular formula is C16H22N2O3. The van der Waals surface area contributed by atoms with Crippen molar-refractivity contribution in [1.29, 1.82) is 0 Å². The second kappa shape index (κ2) is 7.67. The average molecular weight is 290 g/mol. The van der Waals surface area contributed by atoms with Crippen LogP contribution in [0.3, 0.4) is 0 Å². The highest BCUT2D eigenvalue weighted by molar-refractivity contribution is 5.78. The van der Waals surface area contributed by atoms with Gasteiger partial charge in [0, 0.05) is 25.6 Å². The van der Waals surface area contributed by atoms with Gasteiger partial charge < -0.3 is 15.0 Å². The topological polar surface area (TPSA) is 58.6 Å². The van der Waals surface area contributed by atoms with Crippen LogP contribution in [0.15, 0.2) is 30.3 Å². The van der Waals surface area contributed by atoms with Crippen molar-refractivity contribution in [2.75, 3.05) is 19.7 Å². The summed E-state index contributed by atoms with van der Waals surface area (Å²) in [6.07, 6.45) is 2.12. The van der Waals surface area contributed by atoms with Gasteiger partial charge in [0.15, 0.2) is 6.61 Å². The molecule has 0 aliphatic carbocycles. The van der Waals surface area contributed by atoms with Crippen molar-refractivity contribution in [3.63, 3.8) is 0 Å². The number of amides is 2. The van der Waals surface area contributed by atoms with Gasteiger partial charge in [-0.25, -0.2) is 0 Å². The second-order valence-electron chi connectivity index (χ2n) is 5.18. The highest BCUT2D eigenvalue weighted by Gasteiger charge is 2.23. The monoisotopic (exact) mass is 290 g/mol. The lowest BCUT2D eigenvalue weighted by Crippen LogP contribution is -2.47. The molecule has 0 radical (unpaired) electrons. The van der Waals surface area contributed by atoms with E-state index in [1.54, 1.807) is 4.90 Å². The van der Waals surface area contributed by atoms with Gasteiger partial charge in [0.05, 0.1) is 0 Å². The van der Waals surface area contributed by atoms with Crippen molar-refractivity contribution < 1.29 is 14.3 Å². The Hall–Kier alpha value is -2.04. The normalized spacial score (nSPS) is 15.6. The largest absolute Gasteiger partial charge is 0.484 e. The summed E-state index contributed by atoms with van der Waals surface area (Å²) in [5.41, 5.74) is 0. The number of nitrogens with one attached hydrogen (secondary N) is 1. The SMILES string of the molecule is CCC(=O)NC1CCN(C(=O)COc2ccccc2)CC1. The molecule has 2 rings (SSSR count). The Morgan fingerprint density at radius 1 is 1.24 bits per heavy atom. The molecule has 0 saturated carbocycles. The molecule has 1 saturated heterocycles. The zero-order valence-corrected chi connectivity index (χ0v) is 12.4. The van der Waals surface area contributed by atoms with Gasteiger partial charge in [0.1, 0.15) is 5.75 Å². The van der Waals surface area contributed by atoms with Gasteiger partial charge in [-0.3, -0.25) is 9.59 Å². The predicted molar refractivity (Wildman–Crippen MR) is 80.0 cm³/mol. The first kappa shape index (κ1) is 15.4. The number of para-hydroxylation sites is 1. The number of piperidine rings is 1. The van der Waals surface area contributed by atoms with E-state index < -0.39 is 0 Å². The van der Waals surface area contributed by atoms with E-state index in [1.165, 1.54) is 0 Å². The van der Waals surface area contributed by atoms with E-state index in [9.17, 15) is 9.59 Å². The molecular weight excluding hydrogens is 268 g/mol. The smallest absolute Gasteiger partial charge is 0.260 e. The highest BCUT2D eigenvalue weighted by atomic mass is 16.5. The molecule has 1 aliphatic rings. The Labute approximate surface area is 125 Å². The summed E-state index contributed by atoms with van der Waals surface area (Å²) in [4.78, 5) is 25.2. The maximum Gasteiger partial charge on any atom is 0.260 e. The van der Waals surface area contributed by atoms with E-state index in [0.29, 0.717) is 25.3 Å². The summed E-state index contributed by atoms with van der Waals surface area (Å²) in [7, 11) is 0. The molecule has 5 heteroatoms. The average Bonchev–Trinajstić information content (AvgIpc) is 2.54. The molecule has 5 nitrogen and oxygen atoms in total. The zero-order valence-electron chi connectivity index (χ0n) is 12.4. The van der Waals surface area contributed by atoms with Gasteiger partial charge in [-0.1, -0.05) is 25.1 Å². The van der Waals surface area contributed by atoms with Crippen molar-refractivity contribution in [2.45, 2.75) is 32.2 Å². The van der Waals surface area contributed by atoms with Crippen LogP contribution in [0.25, 0.3) is 0 Å². The Morgan fingerprint density at radius 3 is 2.52 bits per heavy atom. The van der Waals surface area contributed by atoms with Crippen molar-refractivity contribution in [3.8, 4) is 5.75 Å². The molecule has 0 atom stereocenters. The van der Waals surface area contributed by atoms with Gasteiger partial charge in [-0.2, -0.15) is 0 Å². The third kappa shape index (κ3) is 4.77. The van der Waals surface area contributed by atoms with Crippen LogP contribution in [0.4, 0.5) is 0 Å². The van der Waals surface area contributed by atoms with E-state index in [-0.39, 0.29) is 24.5 Å². The first-order chi connectivity index (χ1) is 10.2. The van der Waals surface area contributed by atoms with Crippen LogP contribution in [0.1, 0.15) is 26.2 Å². The Bertz CT molecular complexity index is 468. The Balaban J connectivity index is 1.72. The second-order valence-corrected chi connectivity index (χ2v) is 5.18. The van der Waals surface area contributed by atoms with E-state index in [1.807, 2.05) is 37.3 Å². The molecule has 1 fully saturated rings. The Morgan fingerprint density at radius 2 is 1.90 bits per heavy atom. The van der Waals surface area contributed by atoms with Crippen molar-refractivity contribution in [1.82, 2.24) is 10.2 Å². The van der Waals surface area contributed by atoms with Gasteiger partial charge in [0.2, 0.25) is 5.91 Å². The van der Waals surface area contributed by atoms with Gasteiger partial charge in [-0.05, 0) is 25.0 Å². The number of carbonyl (C=O) groups is 2. The maximum atomic E-state index is 12.1. The molecule has 0 bridgehead atoms. The molecule has 1 aromatic carbocycles. The van der Waals surface area contributed by atoms with Crippen LogP contribution >= 0.6 is 0 Å². The molecule has 0 aromatic heterocycles. The first-order valence-electron chi connectivity index (χ1n) is 7.44. The van der Waals surface area contributed by atoms with E-state index in [0.717, 1.165) is 12.8 Å². The maximum absolute atomic E-state index is 12.1. The van der Waals surface area contributed by atoms with Crippen molar-refractivity contribution in [3.05, 3.63) is 30.3 Å². The summed E-state index contributed by atoms with van der Waals surface area (Å²) < 4.78 is 5.47. The predicted octanol–water partition coefficient (Wildman–Crippen LogP) is 1.58. The Kier molecular flexibility index (Phi) is 5.60. The first-order valence-corrected chi connectivity index (χ1v) is 7.44. The fourth-order valence-corrected chi connectivity index (χ4v) is 2.36. The van der Waals surface area contributed by atoms with Crippen molar-refractivity contribution in [2.24, 2.45) is 0 Å². The fraction of sp³-hybridized carbons (Fsp3) is 0.500. The summed E-state index contributed by atoms with van der Waals surface area (Å²) in [6.45, 7) is 3.25. The van der Waals surface area contributed by atoms with Crippen molar-refractivity contribution >= 4 is 11.8 Å². The molecule has 1 heterocycles. The summed E-state index contributed by atoms with van der Waals surface area (Å²) >= 11 is 0. The van der Waals surface area contributed by atoms with Crippen LogP contribution in [0, 0.1) is 0 Å². The number of nitrogens with zero attached hydrogens (tertiary/aromatic N) is 1. The molecule has 2 amide bonds. The number of rotatable bonds is 5. The summed E-state index contributed by atoms with van der Waals surface area (Å²) in [6, 6.07) is 9.52. The third-order valence-corrected chi connectivity index (χ3v) is 3.64. The standard InChI is InChI=1S/C16H22N2O3/c1-2-15(19)17-13-8-10-18(11-9-13)16(20)12-21-14-6-4-3-5-7-14/h3-7,13H,2,8-12H2,1H3,(H,17,19). The lowest BCUT2D eigenvalue weighted by atomic mass is 10.0. The number of carbonyl (C=O) groups excluding carboxylic acids is 2. The number of benzene rings is 1. The van der Waals surface area contributed by atoms with Crippen LogP contribution in [0.2, 0.25) is 0 Å². The number of likely N-dealkylation sites (tertiary alicyclic amines) is 1. The number of ether oxygens (including phenoxy) is 1. The minimum Gasteiger partial charge on any atom is -0.484 e. The minimum atomic E-state index is -0.000814. The van der Waals surface area contributed by atoms with Gasteiger partial charge in [0.25, 0.3) is 5.91 Å². The van der Waals surface area contributed by atoms with E-state index >= 15 is 0 Å². The summed E-state index contributed by atoms with van der Waals surface area (Å²) in [5.74, 6) is 0.780. The van der Waals surface area contributed by atoms with Gasteiger partial charge in [-0.15, -0.1) is 0 Å². The number of hydrogen-bond acceptors (Lipinski definition) is 3. The fourth-order valence-electron chi connectivity index (χ4n) is 2.36. The minimum absolute atomic E-state index is 0.000814. The molecule has 114 valence electrons. The van der Waals surface area contributed by atoms with Crippen LogP contribution in [-0.2, 0) is 9.59 Å². The van der Waals surface area contributed by atoms with E-state index in [2.05, 4.69) is 5.32 Å². The highest BCUT2D eigenvalue weighted by Crippen LogP contribution is 2.12. The van der Waals surface area contributed by atoms with Gasteiger partial charge >= 0.3 is 0 Å². The molecule has 1 N–H and O–H groups in total. The third-order valence-electron chi connectivity index (χ3n) is 3.64. The van der Waals surface area contributed by atoms with Crippen LogP contribution < -0.4 is 10.1 Å². The van der Waals surface area contributed by atoms with Crippen LogP contribution in [-0.4, -0.2) is 42.5 Å². The number of hydrogen-bond donors (Lipinski definition) is 1. The molecule has 21 heavy (non-hydrogen) atoms. The van der Waals surface area contributed by atoms with E-state index in [4.69, 9.17) is 4.74 Å². The summed E-state index contributed by atoms with van der Waals surface area (Å²) in [5, 5.41) is 2.98. The zero-order chi connectivity index (χ0) is 15.1.